The molecule has 0 spiro atoms. The molecular weight excluding hydrogens is 320 g/mol. The van der Waals surface area contributed by atoms with Crippen LogP contribution in [0, 0.1) is 16.2 Å². The summed E-state index contributed by atoms with van der Waals surface area (Å²) >= 11 is 0. The summed E-state index contributed by atoms with van der Waals surface area (Å²) in [6.07, 6.45) is 26.3. The quantitative estimate of drug-likeness (QED) is 0.246. The smallest absolute Gasteiger partial charge is 0.310 e. The summed E-state index contributed by atoms with van der Waals surface area (Å²) in [6, 6.07) is 0. The first kappa shape index (κ1) is 20.0. The van der Waals surface area contributed by atoms with E-state index in [1.54, 1.807) is 0 Å². The van der Waals surface area contributed by atoms with Gasteiger partial charge in [0.2, 0.25) is 0 Å². The third-order valence-electron chi connectivity index (χ3n) is 7.86. The second-order valence-electron chi connectivity index (χ2n) is 9.52. The van der Waals surface area contributed by atoms with Gasteiger partial charge in [-0.2, -0.15) is 0 Å². The van der Waals surface area contributed by atoms with Crippen molar-refractivity contribution in [3.05, 3.63) is 12.2 Å². The maximum Gasteiger partial charge on any atom is 0.310 e. The molecule has 0 radical (unpaired) electrons. The van der Waals surface area contributed by atoms with Crippen molar-refractivity contribution >= 4 is 5.97 Å². The van der Waals surface area contributed by atoms with E-state index >= 15 is 0 Å². The Morgan fingerprint density at radius 2 is 1.38 bits per heavy atom. The van der Waals surface area contributed by atoms with Gasteiger partial charge in [-0.1, -0.05) is 57.6 Å². The molecular formula is C24H40O2. The van der Waals surface area contributed by atoms with Gasteiger partial charge in [-0.25, -0.2) is 0 Å². The number of rotatable bonds is 15. The minimum Gasteiger partial charge on any atom is -0.481 e. The van der Waals surface area contributed by atoms with E-state index in [4.69, 9.17) is 0 Å². The fourth-order valence-corrected chi connectivity index (χ4v) is 5.79. The van der Waals surface area contributed by atoms with Crippen LogP contribution in [0.15, 0.2) is 12.2 Å². The van der Waals surface area contributed by atoms with Crippen LogP contribution in [0.5, 0.6) is 0 Å². The van der Waals surface area contributed by atoms with Crippen LogP contribution in [-0.4, -0.2) is 11.1 Å². The van der Waals surface area contributed by atoms with E-state index in [0.717, 1.165) is 12.8 Å². The first-order valence-corrected chi connectivity index (χ1v) is 11.5. The number of hydrogen-bond donors (Lipinski definition) is 1. The van der Waals surface area contributed by atoms with Gasteiger partial charge < -0.3 is 5.11 Å². The lowest BCUT2D eigenvalue weighted by atomic mass is 9.70. The Morgan fingerprint density at radius 3 is 1.88 bits per heavy atom. The molecule has 0 heterocycles. The number of aliphatic carboxylic acids is 1. The molecule has 0 atom stereocenters. The average molecular weight is 361 g/mol. The highest BCUT2D eigenvalue weighted by Gasteiger charge is 2.78. The maximum atomic E-state index is 11.8. The van der Waals surface area contributed by atoms with Crippen molar-refractivity contribution in [3.8, 4) is 0 Å². The number of allylic oxidation sites excluding steroid dienone is 2. The molecule has 2 heteroatoms. The summed E-state index contributed by atoms with van der Waals surface area (Å²) in [5, 5.41) is 9.73. The zero-order valence-corrected chi connectivity index (χ0v) is 17.0. The summed E-state index contributed by atoms with van der Waals surface area (Å²) in [5.74, 6) is -0.487. The van der Waals surface area contributed by atoms with Gasteiger partial charge in [0.15, 0.2) is 0 Å². The molecule has 3 aliphatic rings. The van der Waals surface area contributed by atoms with Crippen molar-refractivity contribution in [2.75, 3.05) is 0 Å². The lowest BCUT2D eigenvalue weighted by Gasteiger charge is -2.32. The van der Waals surface area contributed by atoms with E-state index in [1.165, 1.54) is 96.3 Å². The molecule has 148 valence electrons. The van der Waals surface area contributed by atoms with Crippen molar-refractivity contribution in [3.63, 3.8) is 0 Å². The Balaban J connectivity index is 1.27. The molecule has 0 aromatic rings. The third kappa shape index (κ3) is 4.04. The van der Waals surface area contributed by atoms with Crippen LogP contribution >= 0.6 is 0 Å². The van der Waals surface area contributed by atoms with Gasteiger partial charge in [0.1, 0.15) is 0 Å². The molecule has 3 aliphatic carbocycles. The first-order valence-electron chi connectivity index (χ1n) is 11.5. The van der Waals surface area contributed by atoms with E-state index in [9.17, 15) is 9.90 Å². The highest BCUT2D eigenvalue weighted by molar-refractivity contribution is 5.80. The number of unbranched alkanes of at least 4 members (excludes halogenated alkanes) is 8. The average Bonchev–Trinajstić information content (AvgIpc) is 3.45. The molecule has 0 saturated heterocycles. The predicted molar refractivity (Wildman–Crippen MR) is 108 cm³/mol. The summed E-state index contributed by atoms with van der Waals surface area (Å²) in [6.45, 7) is 2.27. The number of hydrogen-bond acceptors (Lipinski definition) is 1. The van der Waals surface area contributed by atoms with Gasteiger partial charge in [0.25, 0.3) is 0 Å². The maximum absolute atomic E-state index is 11.8. The fraction of sp³-hybridized carbons (Fsp3) is 0.875. The Kier molecular flexibility index (Phi) is 6.51. The number of carboxylic acid groups (broad SMARTS) is 1. The minimum atomic E-state index is -0.487. The molecule has 0 aliphatic heterocycles. The molecule has 2 nitrogen and oxygen atoms in total. The van der Waals surface area contributed by atoms with E-state index < -0.39 is 5.97 Å². The second kappa shape index (κ2) is 8.48. The lowest BCUT2D eigenvalue weighted by Crippen LogP contribution is -2.34. The largest absolute Gasteiger partial charge is 0.481 e. The molecule has 3 fully saturated rings. The van der Waals surface area contributed by atoms with Crippen LogP contribution in [0.3, 0.4) is 0 Å². The van der Waals surface area contributed by atoms with Gasteiger partial charge in [-0.05, 0) is 81.5 Å². The molecule has 0 aromatic carbocycles. The monoisotopic (exact) mass is 360 g/mol. The number of carboxylic acids is 1. The lowest BCUT2D eigenvalue weighted by molar-refractivity contribution is -0.148. The Morgan fingerprint density at radius 1 is 0.808 bits per heavy atom. The van der Waals surface area contributed by atoms with Crippen molar-refractivity contribution in [2.24, 2.45) is 16.2 Å². The van der Waals surface area contributed by atoms with Crippen LogP contribution in [0.2, 0.25) is 0 Å². The molecule has 3 saturated carbocycles. The van der Waals surface area contributed by atoms with Crippen LogP contribution in [-0.2, 0) is 4.79 Å². The van der Waals surface area contributed by atoms with Gasteiger partial charge in [0, 0.05) is 0 Å². The normalized spacial score (nSPS) is 23.9. The van der Waals surface area contributed by atoms with E-state index in [0.29, 0.717) is 5.41 Å². The van der Waals surface area contributed by atoms with E-state index in [-0.39, 0.29) is 10.8 Å². The summed E-state index contributed by atoms with van der Waals surface area (Å²) in [7, 11) is 0. The highest BCUT2D eigenvalue weighted by atomic mass is 16.4. The zero-order chi connectivity index (χ0) is 18.5. The fourth-order valence-electron chi connectivity index (χ4n) is 5.79. The Labute approximate surface area is 160 Å². The molecule has 0 aromatic heterocycles. The highest BCUT2D eigenvalue weighted by Crippen LogP contribution is 2.83. The van der Waals surface area contributed by atoms with E-state index in [1.807, 2.05) is 0 Å². The number of carbonyl (C=O) groups is 1. The zero-order valence-electron chi connectivity index (χ0n) is 17.0. The molecule has 0 bridgehead atoms. The van der Waals surface area contributed by atoms with Crippen molar-refractivity contribution in [1.29, 1.82) is 0 Å². The Hall–Kier alpha value is -0.790. The molecule has 0 unspecified atom stereocenters. The van der Waals surface area contributed by atoms with Crippen LogP contribution in [0.1, 0.15) is 116 Å². The van der Waals surface area contributed by atoms with Gasteiger partial charge in [-0.3, -0.25) is 4.79 Å². The van der Waals surface area contributed by atoms with Crippen LogP contribution in [0.25, 0.3) is 0 Å². The van der Waals surface area contributed by atoms with Crippen molar-refractivity contribution < 1.29 is 9.90 Å². The standard InChI is InChI=1S/C24H40O2/c1-2-3-4-5-6-7-8-9-10-11-12-13-14-22(15-16-22)24(19-20-24)23(17-18-23)21(25)26/h9-10H,2-8,11-20H2,1H3,(H,25,26)/b10-9-. The van der Waals surface area contributed by atoms with Crippen LogP contribution < -0.4 is 0 Å². The van der Waals surface area contributed by atoms with Crippen molar-refractivity contribution in [1.82, 2.24) is 0 Å². The summed E-state index contributed by atoms with van der Waals surface area (Å²) < 4.78 is 0. The minimum absolute atomic E-state index is 0.208. The van der Waals surface area contributed by atoms with Gasteiger partial charge >= 0.3 is 5.97 Å². The molecule has 0 amide bonds. The first-order chi connectivity index (χ1) is 12.6. The summed E-state index contributed by atoms with van der Waals surface area (Å²) in [4.78, 5) is 11.8. The van der Waals surface area contributed by atoms with Gasteiger partial charge in [0.05, 0.1) is 5.41 Å². The SMILES string of the molecule is CCCCCCCC/C=C\CCCCC1(C2(C3(C(=O)O)CC3)CC2)CC1. The molecule has 26 heavy (non-hydrogen) atoms. The topological polar surface area (TPSA) is 37.3 Å². The van der Waals surface area contributed by atoms with Crippen molar-refractivity contribution in [2.45, 2.75) is 116 Å². The second-order valence-corrected chi connectivity index (χ2v) is 9.52. The predicted octanol–water partition coefficient (Wildman–Crippen LogP) is 7.28. The third-order valence-corrected chi connectivity index (χ3v) is 7.86. The molecule has 1 N–H and O–H groups in total. The van der Waals surface area contributed by atoms with Gasteiger partial charge in [-0.15, -0.1) is 0 Å². The van der Waals surface area contributed by atoms with E-state index in [2.05, 4.69) is 19.1 Å². The van der Waals surface area contributed by atoms with Crippen LogP contribution in [0.4, 0.5) is 0 Å². The summed E-state index contributed by atoms with van der Waals surface area (Å²) in [5.41, 5.74) is 0.323. The molecule has 3 rings (SSSR count). The Bertz CT molecular complexity index is 492.